The Kier molecular flexibility index (Phi) is 3.00. The molecule has 5 heteroatoms. The van der Waals surface area contributed by atoms with E-state index in [1.165, 1.54) is 6.20 Å². The molecule has 0 radical (unpaired) electrons. The van der Waals surface area contributed by atoms with Gasteiger partial charge in [-0.15, -0.1) is 0 Å². The quantitative estimate of drug-likeness (QED) is 0.818. The van der Waals surface area contributed by atoms with Gasteiger partial charge in [0.2, 0.25) is 0 Å². The predicted octanol–water partition coefficient (Wildman–Crippen LogP) is 1.62. The van der Waals surface area contributed by atoms with Gasteiger partial charge in [-0.05, 0) is 30.7 Å². The van der Waals surface area contributed by atoms with E-state index in [2.05, 4.69) is 15.3 Å². The van der Waals surface area contributed by atoms with Crippen molar-refractivity contribution >= 4 is 17.4 Å². The van der Waals surface area contributed by atoms with Crippen molar-refractivity contribution in [1.29, 1.82) is 0 Å². The molecule has 0 aliphatic carbocycles. The SMILES string of the molecule is Cc1cnccc1C(=O)Nc1ccc(N)cn1. The first kappa shape index (κ1) is 11.1. The number of carbonyl (C=O) groups excluding carboxylic acids is 1. The van der Waals surface area contributed by atoms with Crippen LogP contribution in [0.15, 0.2) is 36.8 Å². The molecule has 2 aromatic rings. The molecule has 0 saturated carbocycles. The molecule has 3 N–H and O–H groups in total. The van der Waals surface area contributed by atoms with E-state index < -0.39 is 0 Å². The van der Waals surface area contributed by atoms with Gasteiger partial charge in [0, 0.05) is 18.0 Å². The highest BCUT2D eigenvalue weighted by Gasteiger charge is 2.09. The van der Waals surface area contributed by atoms with Crippen molar-refractivity contribution in [3.63, 3.8) is 0 Å². The number of pyridine rings is 2. The number of carbonyl (C=O) groups is 1. The summed E-state index contributed by atoms with van der Waals surface area (Å²) in [5.74, 6) is 0.266. The second kappa shape index (κ2) is 4.61. The van der Waals surface area contributed by atoms with Gasteiger partial charge in [-0.1, -0.05) is 0 Å². The van der Waals surface area contributed by atoms with Crippen LogP contribution in [-0.2, 0) is 0 Å². The van der Waals surface area contributed by atoms with E-state index in [4.69, 9.17) is 5.73 Å². The van der Waals surface area contributed by atoms with E-state index in [9.17, 15) is 4.79 Å². The number of nitrogens with one attached hydrogen (secondary N) is 1. The molecule has 0 atom stereocenters. The molecule has 0 bridgehead atoms. The average Bonchev–Trinajstić information content (AvgIpc) is 2.32. The molecule has 1 amide bonds. The lowest BCUT2D eigenvalue weighted by molar-refractivity contribution is 0.102. The number of hydrogen-bond donors (Lipinski definition) is 2. The minimum absolute atomic E-state index is 0.206. The lowest BCUT2D eigenvalue weighted by Crippen LogP contribution is -2.14. The lowest BCUT2D eigenvalue weighted by Gasteiger charge is -2.06. The number of anilines is 2. The fraction of sp³-hybridized carbons (Fsp3) is 0.0833. The molecule has 2 aromatic heterocycles. The number of nitrogens with two attached hydrogens (primary N) is 1. The second-order valence-corrected chi connectivity index (χ2v) is 3.62. The normalized spacial score (nSPS) is 9.94. The molecule has 0 aliphatic heterocycles. The Morgan fingerprint density at radius 3 is 2.76 bits per heavy atom. The summed E-state index contributed by atoms with van der Waals surface area (Å²) in [4.78, 5) is 19.8. The average molecular weight is 228 g/mol. The van der Waals surface area contributed by atoms with Gasteiger partial charge in [0.05, 0.1) is 11.9 Å². The van der Waals surface area contributed by atoms with Crippen LogP contribution in [-0.4, -0.2) is 15.9 Å². The van der Waals surface area contributed by atoms with Gasteiger partial charge < -0.3 is 11.1 Å². The number of aromatic nitrogens is 2. The van der Waals surface area contributed by atoms with Crippen molar-refractivity contribution in [3.05, 3.63) is 47.9 Å². The highest BCUT2D eigenvalue weighted by molar-refractivity contribution is 6.04. The van der Waals surface area contributed by atoms with Crippen molar-refractivity contribution in [2.24, 2.45) is 0 Å². The van der Waals surface area contributed by atoms with Gasteiger partial charge in [-0.3, -0.25) is 9.78 Å². The van der Waals surface area contributed by atoms with Crippen LogP contribution in [0.3, 0.4) is 0 Å². The highest BCUT2D eigenvalue weighted by atomic mass is 16.1. The maximum absolute atomic E-state index is 11.9. The third kappa shape index (κ3) is 2.57. The smallest absolute Gasteiger partial charge is 0.257 e. The second-order valence-electron chi connectivity index (χ2n) is 3.62. The van der Waals surface area contributed by atoms with Crippen molar-refractivity contribution < 1.29 is 4.79 Å². The standard InChI is InChI=1S/C12H12N4O/c1-8-6-14-5-4-10(8)12(17)16-11-3-2-9(13)7-15-11/h2-7H,13H2,1H3,(H,15,16,17). The largest absolute Gasteiger partial charge is 0.397 e. The number of aryl methyl sites for hydroxylation is 1. The van der Waals surface area contributed by atoms with Gasteiger partial charge in [-0.25, -0.2) is 4.98 Å². The van der Waals surface area contributed by atoms with Gasteiger partial charge in [0.1, 0.15) is 5.82 Å². The molecule has 0 fully saturated rings. The van der Waals surface area contributed by atoms with Gasteiger partial charge in [0.25, 0.3) is 5.91 Å². The van der Waals surface area contributed by atoms with E-state index in [-0.39, 0.29) is 5.91 Å². The van der Waals surface area contributed by atoms with E-state index in [0.29, 0.717) is 17.1 Å². The van der Waals surface area contributed by atoms with Crippen LogP contribution in [0, 0.1) is 6.92 Å². The van der Waals surface area contributed by atoms with E-state index >= 15 is 0 Å². The first-order chi connectivity index (χ1) is 8.16. The Morgan fingerprint density at radius 1 is 1.29 bits per heavy atom. The van der Waals surface area contributed by atoms with Gasteiger partial charge in [-0.2, -0.15) is 0 Å². The fourth-order valence-electron chi connectivity index (χ4n) is 1.39. The van der Waals surface area contributed by atoms with E-state index in [1.54, 1.807) is 30.6 Å². The molecule has 0 spiro atoms. The van der Waals surface area contributed by atoms with E-state index in [0.717, 1.165) is 5.56 Å². The molecule has 86 valence electrons. The zero-order valence-electron chi connectivity index (χ0n) is 9.34. The third-order valence-electron chi connectivity index (χ3n) is 2.29. The van der Waals surface area contributed by atoms with Crippen LogP contribution in [0.1, 0.15) is 15.9 Å². The van der Waals surface area contributed by atoms with Crippen molar-refractivity contribution in [3.8, 4) is 0 Å². The number of nitrogen functional groups attached to an aromatic ring is 1. The Bertz CT molecular complexity index is 536. The number of nitrogens with zero attached hydrogens (tertiary/aromatic N) is 2. The first-order valence-electron chi connectivity index (χ1n) is 5.10. The van der Waals surface area contributed by atoms with Crippen LogP contribution < -0.4 is 11.1 Å². The Morgan fingerprint density at radius 2 is 2.12 bits per heavy atom. The maximum Gasteiger partial charge on any atom is 0.257 e. The van der Waals surface area contributed by atoms with Crippen LogP contribution in [0.4, 0.5) is 11.5 Å². The van der Waals surface area contributed by atoms with E-state index in [1.807, 2.05) is 6.92 Å². The lowest BCUT2D eigenvalue weighted by atomic mass is 10.1. The molecule has 2 heterocycles. The highest BCUT2D eigenvalue weighted by Crippen LogP contribution is 2.10. The van der Waals surface area contributed by atoms with Crippen LogP contribution >= 0.6 is 0 Å². The number of hydrogen-bond acceptors (Lipinski definition) is 4. The Hall–Kier alpha value is -2.43. The van der Waals surface area contributed by atoms with Crippen molar-refractivity contribution in [2.75, 3.05) is 11.1 Å². The Balaban J connectivity index is 2.17. The van der Waals surface area contributed by atoms with Crippen LogP contribution in [0.25, 0.3) is 0 Å². The summed E-state index contributed by atoms with van der Waals surface area (Å²) in [5, 5.41) is 2.69. The molecular weight excluding hydrogens is 216 g/mol. The molecule has 0 aliphatic rings. The molecule has 0 unspecified atom stereocenters. The molecule has 0 saturated heterocycles. The predicted molar refractivity (Wildman–Crippen MR) is 65.6 cm³/mol. The van der Waals surface area contributed by atoms with Crippen LogP contribution in [0.5, 0.6) is 0 Å². The van der Waals surface area contributed by atoms with Gasteiger partial charge in [0.15, 0.2) is 0 Å². The fourth-order valence-corrected chi connectivity index (χ4v) is 1.39. The zero-order valence-corrected chi connectivity index (χ0v) is 9.34. The monoisotopic (exact) mass is 228 g/mol. The number of amides is 1. The summed E-state index contributed by atoms with van der Waals surface area (Å²) in [7, 11) is 0. The van der Waals surface area contributed by atoms with Crippen LogP contribution in [0.2, 0.25) is 0 Å². The topological polar surface area (TPSA) is 80.9 Å². The summed E-state index contributed by atoms with van der Waals surface area (Å²) in [6.07, 6.45) is 4.72. The Labute approximate surface area is 98.7 Å². The summed E-state index contributed by atoms with van der Waals surface area (Å²) < 4.78 is 0. The maximum atomic E-state index is 11.9. The van der Waals surface area contributed by atoms with Gasteiger partial charge >= 0.3 is 0 Å². The molecular formula is C12H12N4O. The minimum atomic E-state index is -0.206. The molecule has 5 nitrogen and oxygen atoms in total. The summed E-state index contributed by atoms with van der Waals surface area (Å²) in [5.41, 5.74) is 7.47. The summed E-state index contributed by atoms with van der Waals surface area (Å²) >= 11 is 0. The summed E-state index contributed by atoms with van der Waals surface area (Å²) in [6.45, 7) is 1.83. The summed E-state index contributed by atoms with van der Waals surface area (Å²) in [6, 6.07) is 5.01. The molecule has 17 heavy (non-hydrogen) atoms. The molecule has 2 rings (SSSR count). The number of rotatable bonds is 2. The third-order valence-corrected chi connectivity index (χ3v) is 2.29. The molecule has 0 aromatic carbocycles. The van der Waals surface area contributed by atoms with Crippen molar-refractivity contribution in [1.82, 2.24) is 9.97 Å². The minimum Gasteiger partial charge on any atom is -0.397 e. The van der Waals surface area contributed by atoms with Crippen molar-refractivity contribution in [2.45, 2.75) is 6.92 Å². The first-order valence-corrected chi connectivity index (χ1v) is 5.10. The zero-order chi connectivity index (χ0) is 12.3.